The lowest BCUT2D eigenvalue weighted by Gasteiger charge is -2.33. The van der Waals surface area contributed by atoms with Crippen LogP contribution in [0.2, 0.25) is 0 Å². The molecule has 1 atom stereocenters. The maximum Gasteiger partial charge on any atom is 0.279 e. The number of alkyl halides is 1. The van der Waals surface area contributed by atoms with Crippen LogP contribution in [0, 0.1) is 0 Å². The Morgan fingerprint density at radius 3 is 2.79 bits per heavy atom. The van der Waals surface area contributed by atoms with Gasteiger partial charge in [0.2, 0.25) is 0 Å². The third-order valence-corrected chi connectivity index (χ3v) is 4.49. The average Bonchev–Trinajstić information content (AvgIpc) is 2.18. The van der Waals surface area contributed by atoms with Crippen LogP contribution >= 0.6 is 11.6 Å². The maximum absolute atomic E-state index is 11.7. The number of hydrogen-bond acceptors (Lipinski definition) is 2. The van der Waals surface area contributed by atoms with Crippen molar-refractivity contribution in [3.8, 4) is 0 Å². The lowest BCUT2D eigenvalue weighted by atomic mass is 10.1. The van der Waals surface area contributed by atoms with Crippen molar-refractivity contribution in [3.63, 3.8) is 0 Å². The van der Waals surface area contributed by atoms with Gasteiger partial charge in [0.05, 0.1) is 0 Å². The molecule has 0 aliphatic carbocycles. The number of halogens is 1. The Bertz CT molecular complexity index is 269. The highest BCUT2D eigenvalue weighted by molar-refractivity contribution is 7.87. The topological polar surface area (TPSA) is 49.4 Å². The van der Waals surface area contributed by atoms with Crippen LogP contribution < -0.4 is 4.72 Å². The molecule has 1 unspecified atom stereocenters. The first kappa shape index (κ1) is 12.2. The molecule has 84 valence electrons. The zero-order valence-electron chi connectivity index (χ0n) is 8.37. The first-order valence-corrected chi connectivity index (χ1v) is 6.91. The third kappa shape index (κ3) is 2.82. The summed E-state index contributed by atoms with van der Waals surface area (Å²) >= 11 is 5.75. The van der Waals surface area contributed by atoms with Crippen LogP contribution in [0.15, 0.2) is 0 Å². The smallest absolute Gasteiger partial charge is 0.202 e. The van der Waals surface area contributed by atoms with Gasteiger partial charge in [-0.05, 0) is 12.8 Å². The Morgan fingerprint density at radius 1 is 1.50 bits per heavy atom. The molecule has 0 saturated carbocycles. The van der Waals surface area contributed by atoms with E-state index in [4.69, 9.17) is 11.6 Å². The van der Waals surface area contributed by atoms with Crippen molar-refractivity contribution in [1.29, 1.82) is 0 Å². The zero-order valence-corrected chi connectivity index (χ0v) is 9.94. The summed E-state index contributed by atoms with van der Waals surface area (Å²) in [6, 6.07) is -0.0329. The molecule has 0 aromatic rings. The van der Waals surface area contributed by atoms with Crippen molar-refractivity contribution in [2.45, 2.75) is 32.2 Å². The van der Waals surface area contributed by atoms with E-state index in [1.54, 1.807) is 6.92 Å². The monoisotopic (exact) mass is 240 g/mol. The third-order valence-electron chi connectivity index (χ3n) is 2.39. The SMILES string of the molecule is CCNS(=O)(=O)N1CCCCC1CCl. The largest absolute Gasteiger partial charge is 0.279 e. The second-order valence-corrected chi connectivity index (χ2v) is 5.43. The van der Waals surface area contributed by atoms with Gasteiger partial charge in [-0.2, -0.15) is 12.7 Å². The van der Waals surface area contributed by atoms with Crippen molar-refractivity contribution in [3.05, 3.63) is 0 Å². The van der Waals surface area contributed by atoms with E-state index in [1.807, 2.05) is 0 Å². The van der Waals surface area contributed by atoms with Crippen LogP contribution in [-0.2, 0) is 10.2 Å². The molecule has 1 saturated heterocycles. The molecule has 14 heavy (non-hydrogen) atoms. The maximum atomic E-state index is 11.7. The van der Waals surface area contributed by atoms with Gasteiger partial charge in [-0.25, -0.2) is 4.72 Å². The van der Waals surface area contributed by atoms with Gasteiger partial charge in [0.1, 0.15) is 0 Å². The number of rotatable bonds is 4. The summed E-state index contributed by atoms with van der Waals surface area (Å²) in [4.78, 5) is 0. The van der Waals surface area contributed by atoms with Crippen LogP contribution in [-0.4, -0.2) is 37.7 Å². The minimum absolute atomic E-state index is 0.0329. The Hall–Kier alpha value is 0.160. The van der Waals surface area contributed by atoms with E-state index in [0.717, 1.165) is 19.3 Å². The van der Waals surface area contributed by atoms with Crippen LogP contribution in [0.25, 0.3) is 0 Å². The summed E-state index contributed by atoms with van der Waals surface area (Å²) in [6.45, 7) is 2.79. The van der Waals surface area contributed by atoms with Gasteiger partial charge in [-0.15, -0.1) is 11.6 Å². The van der Waals surface area contributed by atoms with E-state index in [-0.39, 0.29) is 6.04 Å². The van der Waals surface area contributed by atoms with Gasteiger partial charge in [0.25, 0.3) is 10.2 Å². The van der Waals surface area contributed by atoms with Crippen molar-refractivity contribution < 1.29 is 8.42 Å². The average molecular weight is 241 g/mol. The normalized spacial score (nSPS) is 25.1. The van der Waals surface area contributed by atoms with E-state index >= 15 is 0 Å². The standard InChI is InChI=1S/C8H17ClN2O2S/c1-2-10-14(12,13)11-6-4-3-5-8(11)7-9/h8,10H,2-7H2,1H3. The molecule has 1 fully saturated rings. The van der Waals surface area contributed by atoms with Crippen molar-refractivity contribution in [1.82, 2.24) is 9.03 Å². The van der Waals surface area contributed by atoms with E-state index in [2.05, 4.69) is 4.72 Å². The van der Waals surface area contributed by atoms with Crippen LogP contribution in [0.1, 0.15) is 26.2 Å². The summed E-state index contributed by atoms with van der Waals surface area (Å²) in [6.07, 6.45) is 2.86. The quantitative estimate of drug-likeness (QED) is 0.744. The highest BCUT2D eigenvalue weighted by Gasteiger charge is 2.30. The molecule has 6 heteroatoms. The number of hydrogen-bond donors (Lipinski definition) is 1. The number of piperidine rings is 1. The Morgan fingerprint density at radius 2 is 2.21 bits per heavy atom. The van der Waals surface area contributed by atoms with E-state index in [0.29, 0.717) is 19.0 Å². The first-order chi connectivity index (χ1) is 6.61. The first-order valence-electron chi connectivity index (χ1n) is 4.94. The van der Waals surface area contributed by atoms with Gasteiger partial charge >= 0.3 is 0 Å². The predicted molar refractivity (Wildman–Crippen MR) is 57.7 cm³/mol. The van der Waals surface area contributed by atoms with E-state index < -0.39 is 10.2 Å². The minimum atomic E-state index is -3.30. The molecule has 1 N–H and O–H groups in total. The molecule has 0 aromatic heterocycles. The van der Waals surface area contributed by atoms with Crippen molar-refractivity contribution in [2.75, 3.05) is 19.0 Å². The van der Waals surface area contributed by atoms with Crippen LogP contribution in [0.3, 0.4) is 0 Å². The highest BCUT2D eigenvalue weighted by Crippen LogP contribution is 2.20. The molecule has 1 aliphatic rings. The molecule has 4 nitrogen and oxygen atoms in total. The Labute approximate surface area is 90.8 Å². The fraction of sp³-hybridized carbons (Fsp3) is 1.00. The summed E-state index contributed by atoms with van der Waals surface area (Å²) in [5, 5.41) is 0. The molecule has 1 aliphatic heterocycles. The van der Waals surface area contributed by atoms with E-state index in [1.165, 1.54) is 4.31 Å². The molecule has 1 heterocycles. The summed E-state index contributed by atoms with van der Waals surface area (Å²) in [5.74, 6) is 0.380. The van der Waals surface area contributed by atoms with E-state index in [9.17, 15) is 8.42 Å². The second-order valence-electron chi connectivity index (χ2n) is 3.42. The molecule has 0 spiro atoms. The van der Waals surface area contributed by atoms with Crippen molar-refractivity contribution >= 4 is 21.8 Å². The fourth-order valence-corrected chi connectivity index (χ4v) is 3.59. The molecule has 0 bridgehead atoms. The zero-order chi connectivity index (χ0) is 10.6. The molecule has 0 aromatic carbocycles. The van der Waals surface area contributed by atoms with Gasteiger partial charge in [-0.1, -0.05) is 13.3 Å². The Kier molecular flexibility index (Phi) is 4.63. The lowest BCUT2D eigenvalue weighted by Crippen LogP contribution is -2.49. The molecule has 1 rings (SSSR count). The second kappa shape index (κ2) is 5.30. The molecular weight excluding hydrogens is 224 g/mol. The van der Waals surface area contributed by atoms with Crippen molar-refractivity contribution in [2.24, 2.45) is 0 Å². The number of nitrogens with one attached hydrogen (secondary N) is 1. The summed E-state index contributed by atoms with van der Waals surface area (Å²) in [7, 11) is -3.30. The molecule has 0 radical (unpaired) electrons. The minimum Gasteiger partial charge on any atom is -0.202 e. The van der Waals surface area contributed by atoms with Crippen LogP contribution in [0.4, 0.5) is 0 Å². The molecular formula is C8H17ClN2O2S. The van der Waals surface area contributed by atoms with Gasteiger partial charge in [-0.3, -0.25) is 0 Å². The highest BCUT2D eigenvalue weighted by atomic mass is 35.5. The van der Waals surface area contributed by atoms with Gasteiger partial charge in [0, 0.05) is 25.0 Å². The number of nitrogens with zero attached hydrogens (tertiary/aromatic N) is 1. The summed E-state index contributed by atoms with van der Waals surface area (Å²) < 4.78 is 27.4. The predicted octanol–water partition coefficient (Wildman–Crippen LogP) is 0.934. The summed E-state index contributed by atoms with van der Waals surface area (Å²) in [5.41, 5.74) is 0. The molecule has 0 amide bonds. The van der Waals surface area contributed by atoms with Crippen LogP contribution in [0.5, 0.6) is 0 Å². The van der Waals surface area contributed by atoms with Gasteiger partial charge in [0.15, 0.2) is 0 Å². The fourth-order valence-electron chi connectivity index (χ4n) is 1.71. The Balaban J connectivity index is 2.72. The van der Waals surface area contributed by atoms with Gasteiger partial charge < -0.3 is 0 Å². The lowest BCUT2D eigenvalue weighted by molar-refractivity contribution is 0.268.